The van der Waals surface area contributed by atoms with Crippen LogP contribution in [0.5, 0.6) is 5.75 Å². The summed E-state index contributed by atoms with van der Waals surface area (Å²) in [6.07, 6.45) is 0.492. The third-order valence-corrected chi connectivity index (χ3v) is 3.54. The zero-order valence-corrected chi connectivity index (χ0v) is 11.0. The molecule has 0 heterocycles. The average molecular weight is 280 g/mol. The molecule has 1 aromatic carbocycles. The summed E-state index contributed by atoms with van der Waals surface area (Å²) in [5, 5.41) is 20.0. The highest BCUT2D eigenvalue weighted by Crippen LogP contribution is 2.35. The van der Waals surface area contributed by atoms with E-state index in [-0.39, 0.29) is 17.9 Å². The zero-order chi connectivity index (χ0) is 14.9. The van der Waals surface area contributed by atoms with Gasteiger partial charge in [0.1, 0.15) is 11.6 Å². The van der Waals surface area contributed by atoms with Gasteiger partial charge in [-0.25, -0.2) is 0 Å². The van der Waals surface area contributed by atoms with Crippen LogP contribution in [-0.4, -0.2) is 27.6 Å². The van der Waals surface area contributed by atoms with Crippen LogP contribution in [-0.2, 0) is 4.79 Å². The second kappa shape index (κ2) is 5.09. The molecular formula is C13H16N2O5. The molecule has 0 amide bonds. The van der Waals surface area contributed by atoms with Gasteiger partial charge in [0, 0.05) is 12.5 Å². The van der Waals surface area contributed by atoms with Crippen LogP contribution in [0.25, 0.3) is 0 Å². The fourth-order valence-corrected chi connectivity index (χ4v) is 2.37. The summed E-state index contributed by atoms with van der Waals surface area (Å²) in [7, 11) is 0. The number of nitrogens with two attached hydrogens (primary N) is 1. The van der Waals surface area contributed by atoms with Gasteiger partial charge in [0.2, 0.25) is 0 Å². The summed E-state index contributed by atoms with van der Waals surface area (Å²) in [6, 6.07) is 4.67. The number of nitrogens with zero attached hydrogens (tertiary/aromatic N) is 1. The third kappa shape index (κ3) is 2.72. The number of aliphatic carboxylic acids is 1. The molecule has 0 aliphatic heterocycles. The van der Waals surface area contributed by atoms with Gasteiger partial charge in [-0.1, -0.05) is 6.07 Å². The Bertz CT molecular complexity index is 560. The fraction of sp³-hybridized carbons (Fsp3) is 0.462. The molecule has 0 aromatic heterocycles. The standard InChI is InChI=1S/C13H16N2O5/c1-8-2-3-11(10(6-8)15(18)19)20-9-4-5-13(14,7-9)12(16)17/h2-3,6,9H,4-5,7,14H2,1H3,(H,16,17). The van der Waals surface area contributed by atoms with Crippen LogP contribution < -0.4 is 10.5 Å². The second-order valence-corrected chi connectivity index (χ2v) is 5.17. The number of hydrogen-bond acceptors (Lipinski definition) is 5. The van der Waals surface area contributed by atoms with E-state index < -0.39 is 22.5 Å². The van der Waals surface area contributed by atoms with Crippen molar-refractivity contribution in [1.29, 1.82) is 0 Å². The second-order valence-electron chi connectivity index (χ2n) is 5.17. The highest BCUT2D eigenvalue weighted by atomic mass is 16.6. The smallest absolute Gasteiger partial charge is 0.323 e. The predicted octanol–water partition coefficient (Wildman–Crippen LogP) is 1.62. The Labute approximate surface area is 115 Å². The van der Waals surface area contributed by atoms with E-state index in [0.717, 1.165) is 5.56 Å². The predicted molar refractivity (Wildman–Crippen MR) is 70.7 cm³/mol. The maximum Gasteiger partial charge on any atom is 0.323 e. The minimum absolute atomic E-state index is 0.116. The van der Waals surface area contributed by atoms with Gasteiger partial charge < -0.3 is 15.6 Å². The van der Waals surface area contributed by atoms with Crippen LogP contribution in [0.4, 0.5) is 5.69 Å². The number of carboxylic acids is 1. The first-order chi connectivity index (χ1) is 9.32. The largest absolute Gasteiger partial charge is 0.483 e. The van der Waals surface area contributed by atoms with Gasteiger partial charge in [-0.15, -0.1) is 0 Å². The van der Waals surface area contributed by atoms with Crippen molar-refractivity contribution in [3.63, 3.8) is 0 Å². The van der Waals surface area contributed by atoms with Crippen LogP contribution in [0.1, 0.15) is 24.8 Å². The lowest BCUT2D eigenvalue weighted by molar-refractivity contribution is -0.386. The molecule has 1 saturated carbocycles. The number of ether oxygens (including phenoxy) is 1. The molecule has 2 rings (SSSR count). The number of aryl methyl sites for hydroxylation is 1. The molecule has 1 aliphatic carbocycles. The molecule has 3 N–H and O–H groups in total. The Kier molecular flexibility index (Phi) is 3.63. The minimum atomic E-state index is -1.30. The number of nitro groups is 1. The SMILES string of the molecule is Cc1ccc(OC2CCC(N)(C(=O)O)C2)c([N+](=O)[O-])c1. The van der Waals surface area contributed by atoms with Gasteiger partial charge in [0.05, 0.1) is 4.92 Å². The van der Waals surface area contributed by atoms with E-state index in [9.17, 15) is 14.9 Å². The number of hydrogen-bond donors (Lipinski definition) is 2. The minimum Gasteiger partial charge on any atom is -0.483 e. The van der Waals surface area contributed by atoms with Gasteiger partial charge in [-0.2, -0.15) is 0 Å². The lowest BCUT2D eigenvalue weighted by atomic mass is 10.00. The molecule has 108 valence electrons. The molecule has 0 saturated heterocycles. The molecular weight excluding hydrogens is 264 g/mol. The van der Waals surface area contributed by atoms with Crippen molar-refractivity contribution in [3.8, 4) is 5.75 Å². The Morgan fingerprint density at radius 2 is 2.30 bits per heavy atom. The van der Waals surface area contributed by atoms with Gasteiger partial charge >= 0.3 is 11.7 Å². The number of rotatable bonds is 4. The van der Waals surface area contributed by atoms with Gasteiger partial charge in [0.25, 0.3) is 0 Å². The Morgan fingerprint density at radius 1 is 1.60 bits per heavy atom. The summed E-state index contributed by atoms with van der Waals surface area (Å²) in [6.45, 7) is 1.75. The molecule has 1 fully saturated rings. The van der Waals surface area contributed by atoms with Crippen LogP contribution in [0.3, 0.4) is 0 Å². The summed E-state index contributed by atoms with van der Waals surface area (Å²) in [5.74, 6) is -0.915. The summed E-state index contributed by atoms with van der Waals surface area (Å²) in [4.78, 5) is 21.5. The lowest BCUT2D eigenvalue weighted by Crippen LogP contribution is -2.46. The van der Waals surface area contributed by atoms with E-state index in [0.29, 0.717) is 12.8 Å². The number of carboxylic acid groups (broad SMARTS) is 1. The van der Waals surface area contributed by atoms with Crippen LogP contribution in [0.15, 0.2) is 18.2 Å². The van der Waals surface area contributed by atoms with Crippen molar-refractivity contribution in [2.75, 3.05) is 0 Å². The maximum atomic E-state index is 11.1. The summed E-state index contributed by atoms with van der Waals surface area (Å²) < 4.78 is 5.58. The molecule has 0 bridgehead atoms. The molecule has 1 aromatic rings. The third-order valence-electron chi connectivity index (χ3n) is 3.54. The first-order valence-electron chi connectivity index (χ1n) is 6.26. The topological polar surface area (TPSA) is 116 Å². The molecule has 1 aliphatic rings. The van der Waals surface area contributed by atoms with Crippen molar-refractivity contribution >= 4 is 11.7 Å². The maximum absolute atomic E-state index is 11.1. The first kappa shape index (κ1) is 14.3. The highest BCUT2D eigenvalue weighted by Gasteiger charge is 2.43. The van der Waals surface area contributed by atoms with Crippen molar-refractivity contribution in [2.24, 2.45) is 5.73 Å². The highest BCUT2D eigenvalue weighted by molar-refractivity contribution is 5.79. The van der Waals surface area contributed by atoms with E-state index in [1.165, 1.54) is 12.1 Å². The monoisotopic (exact) mass is 280 g/mol. The Morgan fingerprint density at radius 3 is 2.85 bits per heavy atom. The van der Waals surface area contributed by atoms with Crippen molar-refractivity contribution in [3.05, 3.63) is 33.9 Å². The molecule has 2 atom stereocenters. The van der Waals surface area contributed by atoms with Crippen LogP contribution in [0, 0.1) is 17.0 Å². The van der Waals surface area contributed by atoms with Gasteiger partial charge in [0.15, 0.2) is 5.75 Å². The lowest BCUT2D eigenvalue weighted by Gasteiger charge is -2.18. The van der Waals surface area contributed by atoms with Crippen molar-refractivity contribution in [1.82, 2.24) is 0 Å². The van der Waals surface area contributed by atoms with Gasteiger partial charge in [-0.3, -0.25) is 14.9 Å². The van der Waals surface area contributed by atoms with E-state index >= 15 is 0 Å². The van der Waals surface area contributed by atoms with Crippen LogP contribution >= 0.6 is 0 Å². The quantitative estimate of drug-likeness (QED) is 0.639. The molecule has 7 nitrogen and oxygen atoms in total. The van der Waals surface area contributed by atoms with E-state index in [2.05, 4.69) is 0 Å². The molecule has 20 heavy (non-hydrogen) atoms. The van der Waals surface area contributed by atoms with E-state index in [1.807, 2.05) is 0 Å². The summed E-state index contributed by atoms with van der Waals surface area (Å²) in [5.41, 5.74) is 5.10. The average Bonchev–Trinajstić information content (AvgIpc) is 2.74. The van der Waals surface area contributed by atoms with Crippen LogP contribution in [0.2, 0.25) is 0 Å². The van der Waals surface area contributed by atoms with E-state index in [4.69, 9.17) is 15.6 Å². The molecule has 0 spiro atoms. The molecule has 0 radical (unpaired) electrons. The fourth-order valence-electron chi connectivity index (χ4n) is 2.37. The zero-order valence-electron chi connectivity index (χ0n) is 11.0. The van der Waals surface area contributed by atoms with Crippen molar-refractivity contribution < 1.29 is 19.6 Å². The summed E-state index contributed by atoms with van der Waals surface area (Å²) >= 11 is 0. The molecule has 7 heteroatoms. The number of benzene rings is 1. The van der Waals surface area contributed by atoms with Gasteiger partial charge in [-0.05, 0) is 31.4 Å². The number of carbonyl (C=O) groups is 1. The Balaban J connectivity index is 2.16. The molecule has 2 unspecified atom stereocenters. The normalized spacial score (nSPS) is 25.4. The number of nitro benzene ring substituents is 1. The Hall–Kier alpha value is -2.15. The van der Waals surface area contributed by atoms with Crippen molar-refractivity contribution in [2.45, 2.75) is 37.8 Å². The van der Waals surface area contributed by atoms with E-state index in [1.54, 1.807) is 13.0 Å². The first-order valence-corrected chi connectivity index (χ1v) is 6.26.